The van der Waals surface area contributed by atoms with Crippen molar-refractivity contribution in [3.63, 3.8) is 0 Å². The van der Waals surface area contributed by atoms with Crippen molar-refractivity contribution in [3.8, 4) is 5.69 Å². The Bertz CT molecular complexity index is 1080. The van der Waals surface area contributed by atoms with E-state index in [1.807, 2.05) is 6.07 Å². The molecule has 146 valence electrons. The maximum atomic E-state index is 14.1. The van der Waals surface area contributed by atoms with Gasteiger partial charge in [0.05, 0.1) is 17.1 Å². The quantitative estimate of drug-likeness (QED) is 0.605. The van der Waals surface area contributed by atoms with Crippen LogP contribution in [0.25, 0.3) is 5.69 Å². The summed E-state index contributed by atoms with van der Waals surface area (Å²) in [6, 6.07) is 13.6. The largest absolute Gasteiger partial charge is 0.289 e. The first-order valence-electron chi connectivity index (χ1n) is 8.97. The summed E-state index contributed by atoms with van der Waals surface area (Å²) < 4.78 is 38.9. The highest BCUT2D eigenvalue weighted by atomic mass is 32.2. The van der Waals surface area contributed by atoms with Crippen LogP contribution in [0.15, 0.2) is 53.4 Å². The molecule has 2 aromatic carbocycles. The molecule has 1 aliphatic carbocycles. The monoisotopic (exact) mass is 401 g/mol. The molecule has 1 fully saturated rings. The summed E-state index contributed by atoms with van der Waals surface area (Å²) in [4.78, 5) is 2.41. The summed E-state index contributed by atoms with van der Waals surface area (Å²) >= 11 is 0. The van der Waals surface area contributed by atoms with Crippen LogP contribution in [0.5, 0.6) is 0 Å². The molecule has 28 heavy (non-hydrogen) atoms. The van der Waals surface area contributed by atoms with E-state index < -0.39 is 9.84 Å². The average Bonchev–Trinajstić information content (AvgIpc) is 3.41. The Morgan fingerprint density at radius 1 is 1.11 bits per heavy atom. The van der Waals surface area contributed by atoms with Gasteiger partial charge in [-0.3, -0.25) is 4.90 Å². The van der Waals surface area contributed by atoms with E-state index in [9.17, 15) is 12.8 Å². The summed E-state index contributed by atoms with van der Waals surface area (Å²) in [5.74, 6) is 0.402. The Morgan fingerprint density at radius 2 is 1.82 bits per heavy atom. The van der Waals surface area contributed by atoms with Gasteiger partial charge in [-0.25, -0.2) is 12.8 Å². The van der Waals surface area contributed by atoms with Gasteiger partial charge in [0.15, 0.2) is 15.7 Å². The lowest BCUT2D eigenvalue weighted by Gasteiger charge is -2.21. The van der Waals surface area contributed by atoms with Gasteiger partial charge >= 0.3 is 0 Å². The van der Waals surface area contributed by atoms with Crippen molar-refractivity contribution in [1.29, 1.82) is 0 Å². The molecule has 4 rings (SSSR count). The highest BCUT2D eigenvalue weighted by Gasteiger charge is 2.31. The Labute approximate surface area is 162 Å². The normalized spacial score (nSPS) is 14.5. The number of halogens is 1. The molecule has 0 radical (unpaired) electrons. The second-order valence-corrected chi connectivity index (χ2v) is 9.02. The number of hydrogen-bond acceptors (Lipinski definition) is 6. The van der Waals surface area contributed by atoms with Gasteiger partial charge in [0.2, 0.25) is 0 Å². The summed E-state index contributed by atoms with van der Waals surface area (Å²) in [6.07, 6.45) is 3.30. The molecular weight excluding hydrogens is 381 g/mol. The van der Waals surface area contributed by atoms with Crippen molar-refractivity contribution >= 4 is 9.84 Å². The van der Waals surface area contributed by atoms with Gasteiger partial charge in [0.25, 0.3) is 0 Å². The Balaban J connectivity index is 1.57. The number of nitrogens with zero attached hydrogens (tertiary/aromatic N) is 5. The van der Waals surface area contributed by atoms with Crippen LogP contribution in [0.2, 0.25) is 0 Å². The van der Waals surface area contributed by atoms with Crippen LogP contribution in [0, 0.1) is 5.82 Å². The summed E-state index contributed by atoms with van der Waals surface area (Å²) in [6.45, 7) is 0.955. The molecule has 0 saturated heterocycles. The third-order valence-corrected chi connectivity index (χ3v) is 5.91. The predicted molar refractivity (Wildman–Crippen MR) is 101 cm³/mol. The molecular formula is C19H20FN5O2S. The first-order valence-corrected chi connectivity index (χ1v) is 10.9. The van der Waals surface area contributed by atoms with Crippen molar-refractivity contribution < 1.29 is 12.8 Å². The van der Waals surface area contributed by atoms with E-state index in [2.05, 4.69) is 20.4 Å². The van der Waals surface area contributed by atoms with Crippen LogP contribution in [-0.2, 0) is 22.9 Å². The minimum atomic E-state index is -3.26. The van der Waals surface area contributed by atoms with Crippen LogP contribution >= 0.6 is 0 Å². The molecule has 1 aliphatic rings. The SMILES string of the molecule is CS(=O)(=O)c1ccc(-n2nnnc2CN(Cc2ccccc2F)C2CC2)cc1. The van der Waals surface area contributed by atoms with Gasteiger partial charge in [-0.15, -0.1) is 5.10 Å². The van der Waals surface area contributed by atoms with Crippen LogP contribution in [0.4, 0.5) is 4.39 Å². The van der Waals surface area contributed by atoms with E-state index >= 15 is 0 Å². The minimum absolute atomic E-state index is 0.218. The van der Waals surface area contributed by atoms with E-state index in [0.717, 1.165) is 12.8 Å². The van der Waals surface area contributed by atoms with E-state index in [4.69, 9.17) is 0 Å². The zero-order valence-corrected chi connectivity index (χ0v) is 16.2. The molecule has 1 saturated carbocycles. The molecule has 3 aromatic rings. The molecule has 7 nitrogen and oxygen atoms in total. The number of tetrazole rings is 1. The third-order valence-electron chi connectivity index (χ3n) is 4.78. The maximum absolute atomic E-state index is 14.1. The lowest BCUT2D eigenvalue weighted by Crippen LogP contribution is -2.27. The van der Waals surface area contributed by atoms with Gasteiger partial charge in [0, 0.05) is 24.4 Å². The zero-order valence-electron chi connectivity index (χ0n) is 15.4. The fourth-order valence-corrected chi connectivity index (χ4v) is 3.75. The number of benzene rings is 2. The van der Waals surface area contributed by atoms with Crippen molar-refractivity contribution in [2.24, 2.45) is 0 Å². The van der Waals surface area contributed by atoms with Crippen molar-refractivity contribution in [1.82, 2.24) is 25.1 Å². The number of sulfone groups is 1. The molecule has 1 heterocycles. The fraction of sp³-hybridized carbons (Fsp3) is 0.316. The lowest BCUT2D eigenvalue weighted by atomic mass is 10.2. The Hall–Kier alpha value is -2.65. The first-order chi connectivity index (χ1) is 13.4. The van der Waals surface area contributed by atoms with Gasteiger partial charge in [0.1, 0.15) is 5.82 Å². The Kier molecular flexibility index (Phi) is 4.94. The smallest absolute Gasteiger partial charge is 0.175 e. The van der Waals surface area contributed by atoms with Crippen LogP contribution in [-0.4, -0.2) is 45.8 Å². The van der Waals surface area contributed by atoms with Crippen LogP contribution < -0.4 is 0 Å². The number of aromatic nitrogens is 4. The fourth-order valence-electron chi connectivity index (χ4n) is 3.12. The minimum Gasteiger partial charge on any atom is -0.289 e. The van der Waals surface area contributed by atoms with E-state index in [-0.39, 0.29) is 10.7 Å². The molecule has 0 atom stereocenters. The standard InChI is InChI=1S/C19H20FN5O2S/c1-28(26,27)17-10-8-16(9-11-17)25-19(21-22-23-25)13-24(15-6-7-15)12-14-4-2-3-5-18(14)20/h2-5,8-11,15H,6-7,12-13H2,1H3. The predicted octanol–water partition coefficient (Wildman–Crippen LogP) is 2.37. The zero-order chi connectivity index (χ0) is 19.7. The van der Waals surface area contributed by atoms with Crippen molar-refractivity contribution in [2.75, 3.05) is 6.26 Å². The molecule has 0 spiro atoms. The lowest BCUT2D eigenvalue weighted by molar-refractivity contribution is 0.234. The highest BCUT2D eigenvalue weighted by Crippen LogP contribution is 2.30. The molecule has 1 aromatic heterocycles. The number of rotatable bonds is 7. The van der Waals surface area contributed by atoms with Gasteiger partial charge < -0.3 is 0 Å². The van der Waals surface area contributed by atoms with E-state index in [0.29, 0.717) is 36.2 Å². The molecule has 0 N–H and O–H groups in total. The second kappa shape index (κ2) is 7.40. The first kappa shape index (κ1) is 18.7. The molecule has 9 heteroatoms. The summed E-state index contributed by atoms with van der Waals surface area (Å²) in [7, 11) is -3.26. The topological polar surface area (TPSA) is 81.0 Å². The summed E-state index contributed by atoms with van der Waals surface area (Å²) in [5, 5.41) is 11.9. The third kappa shape index (κ3) is 4.10. The summed E-state index contributed by atoms with van der Waals surface area (Å²) in [5.41, 5.74) is 1.32. The second-order valence-electron chi connectivity index (χ2n) is 7.00. The van der Waals surface area contributed by atoms with Gasteiger partial charge in [-0.2, -0.15) is 4.68 Å². The molecule has 0 amide bonds. The van der Waals surface area contributed by atoms with Crippen LogP contribution in [0.1, 0.15) is 24.2 Å². The molecule has 0 unspecified atom stereocenters. The van der Waals surface area contributed by atoms with E-state index in [1.165, 1.54) is 24.5 Å². The number of hydrogen-bond donors (Lipinski definition) is 0. The average molecular weight is 401 g/mol. The van der Waals surface area contributed by atoms with Crippen LogP contribution in [0.3, 0.4) is 0 Å². The van der Waals surface area contributed by atoms with E-state index in [1.54, 1.807) is 28.9 Å². The van der Waals surface area contributed by atoms with Gasteiger partial charge in [-0.05, 0) is 53.6 Å². The van der Waals surface area contributed by atoms with Gasteiger partial charge in [-0.1, -0.05) is 18.2 Å². The highest BCUT2D eigenvalue weighted by molar-refractivity contribution is 7.90. The van der Waals surface area contributed by atoms with Crippen molar-refractivity contribution in [2.45, 2.75) is 36.9 Å². The van der Waals surface area contributed by atoms with Crippen molar-refractivity contribution in [3.05, 3.63) is 65.7 Å². The maximum Gasteiger partial charge on any atom is 0.175 e. The Morgan fingerprint density at radius 3 is 2.46 bits per heavy atom. The molecule has 0 aliphatic heterocycles. The molecule has 0 bridgehead atoms.